The highest BCUT2D eigenvalue weighted by Gasteiger charge is 2.34. The number of hydrogen-bond acceptors (Lipinski definition) is 4. The molecule has 128 valence electrons. The highest BCUT2D eigenvalue weighted by molar-refractivity contribution is 7.89. The van der Waals surface area contributed by atoms with E-state index >= 15 is 0 Å². The van der Waals surface area contributed by atoms with Crippen molar-refractivity contribution in [1.29, 1.82) is 0 Å². The lowest BCUT2D eigenvalue weighted by Gasteiger charge is -2.22. The van der Waals surface area contributed by atoms with Gasteiger partial charge in [-0.25, -0.2) is 13.1 Å². The number of nitrogens with zero attached hydrogens (tertiary/aromatic N) is 3. The van der Waals surface area contributed by atoms with Gasteiger partial charge in [0.1, 0.15) is 10.6 Å². The molecule has 7 nitrogen and oxygen atoms in total. The second-order valence-electron chi connectivity index (χ2n) is 5.91. The second kappa shape index (κ2) is 6.37. The van der Waals surface area contributed by atoms with Gasteiger partial charge in [0.05, 0.1) is 0 Å². The Morgan fingerprint density at radius 3 is 2.79 bits per heavy atom. The molecule has 0 unspecified atom stereocenters. The van der Waals surface area contributed by atoms with Gasteiger partial charge in [0, 0.05) is 38.2 Å². The second-order valence-corrected chi connectivity index (χ2v) is 7.79. The molecule has 1 saturated carbocycles. The Bertz CT molecular complexity index is 841. The number of pyridine rings is 1. The van der Waals surface area contributed by atoms with Gasteiger partial charge in [-0.05, 0) is 37.6 Å². The van der Waals surface area contributed by atoms with Crippen LogP contribution in [0, 0.1) is 0 Å². The van der Waals surface area contributed by atoms with Gasteiger partial charge in [0.25, 0.3) is 5.91 Å². The molecule has 3 rings (SSSR count). The van der Waals surface area contributed by atoms with Crippen molar-refractivity contribution in [3.05, 3.63) is 48.0 Å². The quantitative estimate of drug-likeness (QED) is 0.848. The van der Waals surface area contributed by atoms with Crippen LogP contribution in [0.3, 0.4) is 0 Å². The van der Waals surface area contributed by atoms with Gasteiger partial charge in [0.2, 0.25) is 10.0 Å². The average molecular weight is 348 g/mol. The molecule has 0 atom stereocenters. The van der Waals surface area contributed by atoms with Crippen molar-refractivity contribution in [2.45, 2.75) is 30.3 Å². The third kappa shape index (κ3) is 3.34. The van der Waals surface area contributed by atoms with Gasteiger partial charge in [0.15, 0.2) is 0 Å². The maximum Gasteiger partial charge on any atom is 0.271 e. The molecule has 1 aliphatic carbocycles. The molecule has 0 bridgehead atoms. The maximum atomic E-state index is 12.9. The lowest BCUT2D eigenvalue weighted by Crippen LogP contribution is -2.33. The van der Waals surface area contributed by atoms with Crippen LogP contribution in [0.2, 0.25) is 0 Å². The molecule has 1 amide bonds. The van der Waals surface area contributed by atoms with Crippen LogP contribution in [-0.4, -0.2) is 41.9 Å². The topological polar surface area (TPSA) is 84.3 Å². The van der Waals surface area contributed by atoms with Crippen molar-refractivity contribution in [2.24, 2.45) is 7.05 Å². The van der Waals surface area contributed by atoms with E-state index in [2.05, 4.69) is 9.71 Å². The van der Waals surface area contributed by atoms with E-state index in [0.717, 1.165) is 18.4 Å². The van der Waals surface area contributed by atoms with E-state index in [0.29, 0.717) is 12.2 Å². The fraction of sp³-hybridized carbons (Fsp3) is 0.375. The summed E-state index contributed by atoms with van der Waals surface area (Å²) in [6.45, 7) is 0.469. The predicted octanol–water partition coefficient (Wildman–Crippen LogP) is 1.13. The van der Waals surface area contributed by atoms with Crippen LogP contribution in [0.1, 0.15) is 28.9 Å². The number of sulfonamides is 1. The van der Waals surface area contributed by atoms with Crippen molar-refractivity contribution in [3.8, 4) is 0 Å². The smallest absolute Gasteiger partial charge is 0.271 e. The van der Waals surface area contributed by atoms with E-state index in [1.54, 1.807) is 28.9 Å². The zero-order valence-corrected chi connectivity index (χ0v) is 14.5. The summed E-state index contributed by atoms with van der Waals surface area (Å²) in [5, 5.41) is 0. The van der Waals surface area contributed by atoms with Crippen LogP contribution in [0.5, 0.6) is 0 Å². The van der Waals surface area contributed by atoms with Gasteiger partial charge in [-0.3, -0.25) is 9.78 Å². The van der Waals surface area contributed by atoms with Crippen LogP contribution in [0.15, 0.2) is 41.7 Å². The Morgan fingerprint density at radius 1 is 1.46 bits per heavy atom. The predicted molar refractivity (Wildman–Crippen MR) is 88.8 cm³/mol. The monoisotopic (exact) mass is 348 g/mol. The highest BCUT2D eigenvalue weighted by Crippen LogP contribution is 2.30. The van der Waals surface area contributed by atoms with Gasteiger partial charge < -0.3 is 9.47 Å². The lowest BCUT2D eigenvalue weighted by atomic mass is 10.2. The van der Waals surface area contributed by atoms with Crippen LogP contribution in [0.4, 0.5) is 0 Å². The van der Waals surface area contributed by atoms with Crippen molar-refractivity contribution < 1.29 is 13.2 Å². The molecule has 2 heterocycles. The first-order valence-corrected chi connectivity index (χ1v) is 9.20. The standard InChI is InChI=1S/C16H20N4O3S/c1-17-24(22,23)14-8-15(19(2)11-14)16(21)20(13-5-6-13)10-12-4-3-7-18-9-12/h3-4,7-9,11,13,17H,5-6,10H2,1-2H3. The molecule has 0 aliphatic heterocycles. The lowest BCUT2D eigenvalue weighted by molar-refractivity contribution is 0.0720. The number of amides is 1. The number of carbonyl (C=O) groups is 1. The molecule has 1 N–H and O–H groups in total. The fourth-order valence-electron chi connectivity index (χ4n) is 2.60. The first-order chi connectivity index (χ1) is 11.4. The van der Waals surface area contributed by atoms with Crippen LogP contribution < -0.4 is 4.72 Å². The molecular weight excluding hydrogens is 328 g/mol. The zero-order valence-electron chi connectivity index (χ0n) is 13.6. The van der Waals surface area contributed by atoms with Crippen LogP contribution in [-0.2, 0) is 23.6 Å². The summed E-state index contributed by atoms with van der Waals surface area (Å²) in [6.07, 6.45) is 6.83. The minimum atomic E-state index is -3.57. The van der Waals surface area contributed by atoms with Crippen molar-refractivity contribution >= 4 is 15.9 Å². The minimum absolute atomic E-state index is 0.0907. The minimum Gasteiger partial charge on any atom is -0.345 e. The van der Waals surface area contributed by atoms with E-state index in [9.17, 15) is 13.2 Å². The average Bonchev–Trinajstić information content (AvgIpc) is 3.34. The largest absolute Gasteiger partial charge is 0.345 e. The molecular formula is C16H20N4O3S. The Labute approximate surface area is 141 Å². The number of aryl methyl sites for hydroxylation is 1. The van der Waals surface area contributed by atoms with Crippen molar-refractivity contribution in [2.75, 3.05) is 7.05 Å². The molecule has 1 fully saturated rings. The van der Waals surface area contributed by atoms with Gasteiger partial charge in [-0.15, -0.1) is 0 Å². The Hall–Kier alpha value is -2.19. The summed E-state index contributed by atoms with van der Waals surface area (Å²) in [5.74, 6) is -0.165. The number of rotatable bonds is 6. The summed E-state index contributed by atoms with van der Waals surface area (Å²) >= 11 is 0. The molecule has 0 radical (unpaired) electrons. The van der Waals surface area contributed by atoms with E-state index in [1.807, 2.05) is 12.1 Å². The number of hydrogen-bond donors (Lipinski definition) is 1. The summed E-state index contributed by atoms with van der Waals surface area (Å²) in [4.78, 5) is 18.9. The normalized spacial score (nSPS) is 14.6. The van der Waals surface area contributed by atoms with Gasteiger partial charge in [-0.1, -0.05) is 6.07 Å². The fourth-order valence-corrected chi connectivity index (χ4v) is 3.40. The first-order valence-electron chi connectivity index (χ1n) is 7.72. The van der Waals surface area contributed by atoms with E-state index in [1.165, 1.54) is 19.3 Å². The highest BCUT2D eigenvalue weighted by atomic mass is 32.2. The molecule has 2 aromatic rings. The molecule has 0 spiro atoms. The molecule has 0 saturated heterocycles. The van der Waals surface area contributed by atoms with Gasteiger partial charge in [-0.2, -0.15) is 0 Å². The molecule has 24 heavy (non-hydrogen) atoms. The van der Waals surface area contributed by atoms with Crippen molar-refractivity contribution in [3.63, 3.8) is 0 Å². The van der Waals surface area contributed by atoms with E-state index < -0.39 is 10.0 Å². The van der Waals surface area contributed by atoms with Crippen molar-refractivity contribution in [1.82, 2.24) is 19.2 Å². The summed E-state index contributed by atoms with van der Waals surface area (Å²) in [5.41, 5.74) is 1.31. The Morgan fingerprint density at radius 2 is 2.21 bits per heavy atom. The summed E-state index contributed by atoms with van der Waals surface area (Å²) in [7, 11) is -0.547. The van der Waals surface area contributed by atoms with Crippen LogP contribution >= 0.6 is 0 Å². The summed E-state index contributed by atoms with van der Waals surface area (Å²) < 4.78 is 27.7. The third-order valence-corrected chi connectivity index (χ3v) is 5.48. The Kier molecular flexibility index (Phi) is 4.42. The maximum absolute atomic E-state index is 12.9. The molecule has 2 aromatic heterocycles. The zero-order chi connectivity index (χ0) is 17.3. The molecule has 1 aliphatic rings. The third-order valence-electron chi connectivity index (χ3n) is 4.10. The van der Waals surface area contributed by atoms with E-state index in [4.69, 9.17) is 0 Å². The Balaban J connectivity index is 1.89. The van der Waals surface area contributed by atoms with E-state index in [-0.39, 0.29) is 16.8 Å². The SMILES string of the molecule is CNS(=O)(=O)c1cc(C(=O)N(Cc2cccnc2)C2CC2)n(C)c1. The molecule has 8 heteroatoms. The molecule has 0 aromatic carbocycles. The number of carbonyl (C=O) groups excluding carboxylic acids is 1. The van der Waals surface area contributed by atoms with Crippen LogP contribution in [0.25, 0.3) is 0 Å². The van der Waals surface area contributed by atoms with Gasteiger partial charge >= 0.3 is 0 Å². The number of aromatic nitrogens is 2. The first kappa shape index (κ1) is 16.7. The summed E-state index contributed by atoms with van der Waals surface area (Å²) in [6, 6.07) is 5.40. The number of nitrogens with one attached hydrogen (secondary N) is 1.